The lowest BCUT2D eigenvalue weighted by Crippen LogP contribution is -2.03. The van der Waals surface area contributed by atoms with Crippen LogP contribution in [0.3, 0.4) is 0 Å². The van der Waals surface area contributed by atoms with Crippen LogP contribution in [0.15, 0.2) is 24.5 Å². The molecule has 0 spiro atoms. The minimum absolute atomic E-state index is 0.541. The van der Waals surface area contributed by atoms with Crippen molar-refractivity contribution in [3.8, 4) is 0 Å². The van der Waals surface area contributed by atoms with Crippen molar-refractivity contribution in [2.24, 2.45) is 14.1 Å². The second-order valence-corrected chi connectivity index (χ2v) is 6.80. The first-order valence-electron chi connectivity index (χ1n) is 8.24. The van der Waals surface area contributed by atoms with E-state index in [1.54, 1.807) is 0 Å². The van der Waals surface area contributed by atoms with E-state index >= 15 is 0 Å². The van der Waals surface area contributed by atoms with Crippen LogP contribution >= 0.6 is 0 Å². The number of hydrogen-bond donors (Lipinski definition) is 0. The van der Waals surface area contributed by atoms with Gasteiger partial charge < -0.3 is 13.9 Å². The highest BCUT2D eigenvalue weighted by molar-refractivity contribution is 5.22. The van der Waals surface area contributed by atoms with Crippen molar-refractivity contribution in [3.63, 3.8) is 0 Å². The van der Waals surface area contributed by atoms with Crippen LogP contribution < -0.4 is 0 Å². The Labute approximate surface area is 134 Å². The number of aromatic nitrogens is 2. The molecule has 0 amide bonds. The standard InChI is InChI=1S/C19H30N2O/c1-14(2)17-10-19(21(6)11-17)13-22-8-7-15(3)18-9-16(4)20(5)12-18/h9-12,14-15H,7-8,13H2,1-6H3. The molecule has 0 fully saturated rings. The first-order chi connectivity index (χ1) is 10.4. The fourth-order valence-electron chi connectivity index (χ4n) is 2.68. The summed E-state index contributed by atoms with van der Waals surface area (Å²) in [5.41, 5.74) is 5.36. The van der Waals surface area contributed by atoms with Crippen LogP contribution in [-0.2, 0) is 25.4 Å². The Kier molecular flexibility index (Phi) is 5.52. The molecule has 2 aromatic rings. The average molecular weight is 302 g/mol. The molecule has 0 saturated carbocycles. The molecule has 0 N–H and O–H groups in total. The monoisotopic (exact) mass is 302 g/mol. The van der Waals surface area contributed by atoms with Gasteiger partial charge in [-0.05, 0) is 48.4 Å². The van der Waals surface area contributed by atoms with E-state index < -0.39 is 0 Å². The quantitative estimate of drug-likeness (QED) is 0.689. The summed E-state index contributed by atoms with van der Waals surface area (Å²) in [6.07, 6.45) is 5.50. The molecular formula is C19H30N2O. The molecule has 2 aromatic heterocycles. The molecule has 122 valence electrons. The number of ether oxygens (including phenoxy) is 1. The third-order valence-electron chi connectivity index (χ3n) is 4.58. The molecule has 3 nitrogen and oxygen atoms in total. The van der Waals surface area contributed by atoms with Crippen molar-refractivity contribution in [1.29, 1.82) is 0 Å². The highest BCUT2D eigenvalue weighted by Gasteiger charge is 2.10. The lowest BCUT2D eigenvalue weighted by Gasteiger charge is -2.10. The molecule has 0 aliphatic carbocycles. The maximum atomic E-state index is 5.90. The highest BCUT2D eigenvalue weighted by Crippen LogP contribution is 2.22. The fraction of sp³-hybridized carbons (Fsp3) is 0.579. The van der Waals surface area contributed by atoms with Crippen molar-refractivity contribution in [2.75, 3.05) is 6.61 Å². The maximum Gasteiger partial charge on any atom is 0.0867 e. The Morgan fingerprint density at radius 1 is 1.00 bits per heavy atom. The number of aryl methyl sites for hydroxylation is 3. The van der Waals surface area contributed by atoms with E-state index in [9.17, 15) is 0 Å². The van der Waals surface area contributed by atoms with Gasteiger partial charge in [-0.2, -0.15) is 0 Å². The zero-order valence-corrected chi connectivity index (χ0v) is 14.9. The summed E-state index contributed by atoms with van der Waals surface area (Å²) in [5.74, 6) is 1.11. The van der Waals surface area contributed by atoms with E-state index in [1.165, 1.54) is 22.5 Å². The van der Waals surface area contributed by atoms with Gasteiger partial charge in [0, 0.05) is 44.5 Å². The van der Waals surface area contributed by atoms with Gasteiger partial charge in [-0.25, -0.2) is 0 Å². The summed E-state index contributed by atoms with van der Waals surface area (Å²) in [7, 11) is 4.20. The topological polar surface area (TPSA) is 19.1 Å². The predicted molar refractivity (Wildman–Crippen MR) is 92.3 cm³/mol. The number of nitrogens with zero attached hydrogens (tertiary/aromatic N) is 2. The zero-order chi connectivity index (χ0) is 16.3. The Balaban J connectivity index is 1.79. The third kappa shape index (κ3) is 4.04. The van der Waals surface area contributed by atoms with Gasteiger partial charge >= 0.3 is 0 Å². The Morgan fingerprint density at radius 2 is 1.68 bits per heavy atom. The molecule has 1 atom stereocenters. The van der Waals surface area contributed by atoms with Crippen LogP contribution in [-0.4, -0.2) is 15.7 Å². The van der Waals surface area contributed by atoms with E-state index in [0.717, 1.165) is 13.0 Å². The van der Waals surface area contributed by atoms with Crippen molar-refractivity contribution in [1.82, 2.24) is 9.13 Å². The molecule has 2 rings (SSSR count). The van der Waals surface area contributed by atoms with Crippen LogP contribution in [0, 0.1) is 6.92 Å². The van der Waals surface area contributed by atoms with Crippen LogP contribution in [0.2, 0.25) is 0 Å². The van der Waals surface area contributed by atoms with Gasteiger partial charge in [-0.1, -0.05) is 20.8 Å². The molecule has 3 heteroatoms. The van der Waals surface area contributed by atoms with Crippen LogP contribution in [0.4, 0.5) is 0 Å². The fourth-order valence-corrected chi connectivity index (χ4v) is 2.68. The number of hydrogen-bond acceptors (Lipinski definition) is 1. The molecule has 0 saturated heterocycles. The van der Waals surface area contributed by atoms with Crippen LogP contribution in [0.25, 0.3) is 0 Å². The molecule has 0 aliphatic heterocycles. The lowest BCUT2D eigenvalue weighted by atomic mass is 10.0. The van der Waals surface area contributed by atoms with Crippen molar-refractivity contribution in [3.05, 3.63) is 47.0 Å². The van der Waals surface area contributed by atoms with Gasteiger partial charge in [0.1, 0.15) is 0 Å². The molecule has 2 heterocycles. The maximum absolute atomic E-state index is 5.90. The van der Waals surface area contributed by atoms with E-state index in [1.807, 2.05) is 0 Å². The average Bonchev–Trinajstić information content (AvgIpc) is 2.99. The van der Waals surface area contributed by atoms with Gasteiger partial charge in [0.15, 0.2) is 0 Å². The van der Waals surface area contributed by atoms with Crippen LogP contribution in [0.5, 0.6) is 0 Å². The smallest absolute Gasteiger partial charge is 0.0867 e. The SMILES string of the molecule is Cc1cc(C(C)CCOCc2cc(C(C)C)cn2C)cn1C. The van der Waals surface area contributed by atoms with Crippen molar-refractivity contribution >= 4 is 0 Å². The first-order valence-corrected chi connectivity index (χ1v) is 8.24. The Hall–Kier alpha value is -1.48. The summed E-state index contributed by atoms with van der Waals surface area (Å²) in [6, 6.07) is 4.53. The van der Waals surface area contributed by atoms with Gasteiger partial charge in [0.2, 0.25) is 0 Å². The number of rotatable bonds is 7. The van der Waals surface area contributed by atoms with Gasteiger partial charge in [0.05, 0.1) is 6.61 Å². The third-order valence-corrected chi connectivity index (χ3v) is 4.58. The Morgan fingerprint density at radius 3 is 2.23 bits per heavy atom. The predicted octanol–water partition coefficient (Wildman–Crippen LogP) is 4.51. The lowest BCUT2D eigenvalue weighted by molar-refractivity contribution is 0.110. The van der Waals surface area contributed by atoms with Crippen molar-refractivity contribution < 1.29 is 4.74 Å². The van der Waals surface area contributed by atoms with Gasteiger partial charge in [-0.15, -0.1) is 0 Å². The van der Waals surface area contributed by atoms with E-state index in [4.69, 9.17) is 4.74 Å². The molecule has 0 radical (unpaired) electrons. The minimum atomic E-state index is 0.541. The Bertz CT molecular complexity index is 587. The second kappa shape index (κ2) is 7.19. The van der Waals surface area contributed by atoms with Gasteiger partial charge in [-0.3, -0.25) is 0 Å². The van der Waals surface area contributed by atoms with E-state index in [2.05, 4.69) is 75.5 Å². The van der Waals surface area contributed by atoms with Crippen molar-refractivity contribution in [2.45, 2.75) is 52.6 Å². The molecular weight excluding hydrogens is 272 g/mol. The normalized spacial score (nSPS) is 13.0. The van der Waals surface area contributed by atoms with Gasteiger partial charge in [0.25, 0.3) is 0 Å². The van der Waals surface area contributed by atoms with Crippen LogP contribution in [0.1, 0.15) is 61.5 Å². The highest BCUT2D eigenvalue weighted by atomic mass is 16.5. The summed E-state index contributed by atoms with van der Waals surface area (Å²) in [5, 5.41) is 0. The summed E-state index contributed by atoms with van der Waals surface area (Å²) < 4.78 is 10.3. The molecule has 22 heavy (non-hydrogen) atoms. The first kappa shape index (κ1) is 16.9. The van der Waals surface area contributed by atoms with E-state index in [-0.39, 0.29) is 0 Å². The van der Waals surface area contributed by atoms with E-state index in [0.29, 0.717) is 18.4 Å². The summed E-state index contributed by atoms with van der Waals surface area (Å²) in [6.45, 7) is 10.4. The molecule has 1 unspecified atom stereocenters. The minimum Gasteiger partial charge on any atom is -0.375 e. The summed E-state index contributed by atoms with van der Waals surface area (Å²) in [4.78, 5) is 0. The summed E-state index contributed by atoms with van der Waals surface area (Å²) >= 11 is 0. The zero-order valence-electron chi connectivity index (χ0n) is 14.9. The molecule has 0 bridgehead atoms. The largest absolute Gasteiger partial charge is 0.375 e. The molecule has 0 aliphatic rings. The molecule has 0 aromatic carbocycles. The second-order valence-electron chi connectivity index (χ2n) is 6.80.